The number of hydrogen-bond acceptors (Lipinski definition) is 8. The number of halogens is 1. The van der Waals surface area contributed by atoms with Gasteiger partial charge in [-0.25, -0.2) is 17.6 Å². The zero-order valence-electron chi connectivity index (χ0n) is 18.4. The van der Waals surface area contributed by atoms with Gasteiger partial charge in [-0.2, -0.15) is 9.29 Å². The topological polar surface area (TPSA) is 112 Å². The van der Waals surface area contributed by atoms with Gasteiger partial charge >= 0.3 is 5.97 Å². The average molecular weight is 478 g/mol. The highest BCUT2D eigenvalue weighted by atomic mass is 32.2. The molecule has 0 fully saturated rings. The molecule has 1 heterocycles. The maximum Gasteiger partial charge on any atom is 0.341 e. The minimum absolute atomic E-state index is 0.0167. The van der Waals surface area contributed by atoms with E-state index in [9.17, 15) is 17.6 Å². The molecule has 0 saturated heterocycles. The summed E-state index contributed by atoms with van der Waals surface area (Å²) in [6, 6.07) is 10.1. The first-order valence-corrected chi connectivity index (χ1v) is 11.8. The van der Waals surface area contributed by atoms with Gasteiger partial charge in [0.2, 0.25) is 15.8 Å². The maximum atomic E-state index is 14.3. The molecule has 0 aliphatic rings. The smallest absolute Gasteiger partial charge is 0.341 e. The standard InChI is InChI=1S/C22H24FN3O6S/c1-4-26(5-2)33(28,29)15-11-12-18(23)17(13-15)22(27)31-14-20-24-21(25-32-20)16-9-7-8-10-19(16)30-6-3/h7-13H,4-6,14H2,1-3H3. The highest BCUT2D eigenvalue weighted by molar-refractivity contribution is 7.89. The van der Waals surface area contributed by atoms with E-state index in [4.69, 9.17) is 14.0 Å². The second-order valence-electron chi connectivity index (χ2n) is 6.75. The minimum atomic E-state index is -3.87. The zero-order valence-corrected chi connectivity index (χ0v) is 19.3. The number of hydrogen-bond donors (Lipinski definition) is 0. The van der Waals surface area contributed by atoms with Gasteiger partial charge in [0.15, 0.2) is 6.61 Å². The second kappa shape index (κ2) is 10.5. The summed E-state index contributed by atoms with van der Waals surface area (Å²) >= 11 is 0. The molecule has 0 aliphatic heterocycles. The third-order valence-electron chi connectivity index (χ3n) is 4.72. The first-order chi connectivity index (χ1) is 15.8. The SMILES string of the molecule is CCOc1ccccc1-c1noc(COC(=O)c2cc(S(=O)(=O)N(CC)CC)ccc2F)n1. The van der Waals surface area contributed by atoms with Crippen molar-refractivity contribution < 1.29 is 31.6 Å². The Labute approximate surface area is 191 Å². The number of para-hydroxylation sites is 1. The Morgan fingerprint density at radius 2 is 1.85 bits per heavy atom. The summed E-state index contributed by atoms with van der Waals surface area (Å²) in [5, 5.41) is 3.87. The molecule has 0 bridgehead atoms. The molecule has 2 aromatic carbocycles. The molecule has 11 heteroatoms. The summed E-state index contributed by atoms with van der Waals surface area (Å²) in [4.78, 5) is 16.4. The molecule has 0 spiro atoms. The summed E-state index contributed by atoms with van der Waals surface area (Å²) in [6.45, 7) is 5.72. The summed E-state index contributed by atoms with van der Waals surface area (Å²) in [5.41, 5.74) is 0.0886. The third-order valence-corrected chi connectivity index (χ3v) is 6.77. The molecule has 0 saturated carbocycles. The van der Waals surface area contributed by atoms with Crippen molar-refractivity contribution in [3.8, 4) is 17.1 Å². The molecule has 0 N–H and O–H groups in total. The molecular weight excluding hydrogens is 453 g/mol. The largest absolute Gasteiger partial charge is 0.493 e. The number of carbonyl (C=O) groups excluding carboxylic acids is 1. The Bertz CT molecular complexity index is 1220. The van der Waals surface area contributed by atoms with Crippen LogP contribution in [-0.4, -0.2) is 48.5 Å². The Hall–Kier alpha value is -3.31. The highest BCUT2D eigenvalue weighted by Crippen LogP contribution is 2.27. The van der Waals surface area contributed by atoms with E-state index in [1.165, 1.54) is 4.31 Å². The van der Waals surface area contributed by atoms with Crippen molar-refractivity contribution in [3.05, 3.63) is 59.7 Å². The summed E-state index contributed by atoms with van der Waals surface area (Å²) in [6.07, 6.45) is 0. The van der Waals surface area contributed by atoms with E-state index >= 15 is 0 Å². The number of rotatable bonds is 10. The molecule has 0 atom stereocenters. The van der Waals surface area contributed by atoms with Crippen molar-refractivity contribution in [1.29, 1.82) is 0 Å². The molecule has 9 nitrogen and oxygen atoms in total. The number of nitrogens with zero attached hydrogens (tertiary/aromatic N) is 3. The minimum Gasteiger partial charge on any atom is -0.493 e. The van der Waals surface area contributed by atoms with E-state index in [1.54, 1.807) is 38.1 Å². The highest BCUT2D eigenvalue weighted by Gasteiger charge is 2.25. The van der Waals surface area contributed by atoms with Gasteiger partial charge in [0.1, 0.15) is 11.6 Å². The first-order valence-electron chi connectivity index (χ1n) is 10.3. The lowest BCUT2D eigenvalue weighted by atomic mass is 10.2. The van der Waals surface area contributed by atoms with Crippen LogP contribution < -0.4 is 4.74 Å². The fraction of sp³-hybridized carbons (Fsp3) is 0.318. The van der Waals surface area contributed by atoms with Crippen LogP contribution in [0.1, 0.15) is 37.0 Å². The third kappa shape index (κ3) is 5.37. The van der Waals surface area contributed by atoms with Crippen LogP contribution in [0.15, 0.2) is 51.9 Å². The second-order valence-corrected chi connectivity index (χ2v) is 8.69. The first kappa shape index (κ1) is 24.3. The lowest BCUT2D eigenvalue weighted by Gasteiger charge is -2.18. The molecular formula is C22H24FN3O6S. The van der Waals surface area contributed by atoms with E-state index in [2.05, 4.69) is 10.1 Å². The number of sulfonamides is 1. The number of ether oxygens (including phenoxy) is 2. The molecule has 0 unspecified atom stereocenters. The van der Waals surface area contributed by atoms with E-state index < -0.39 is 34.0 Å². The van der Waals surface area contributed by atoms with Crippen molar-refractivity contribution in [3.63, 3.8) is 0 Å². The Balaban J connectivity index is 1.76. The van der Waals surface area contributed by atoms with Gasteiger partial charge < -0.3 is 14.0 Å². The van der Waals surface area contributed by atoms with Crippen molar-refractivity contribution in [1.82, 2.24) is 14.4 Å². The Morgan fingerprint density at radius 3 is 2.55 bits per heavy atom. The summed E-state index contributed by atoms with van der Waals surface area (Å²) in [7, 11) is -3.87. The summed E-state index contributed by atoms with van der Waals surface area (Å²) < 4.78 is 56.6. The van der Waals surface area contributed by atoms with Crippen molar-refractivity contribution in [2.75, 3.05) is 19.7 Å². The molecule has 176 valence electrons. The average Bonchev–Trinajstić information content (AvgIpc) is 3.28. The van der Waals surface area contributed by atoms with Crippen molar-refractivity contribution in [2.24, 2.45) is 0 Å². The number of carbonyl (C=O) groups is 1. The van der Waals surface area contributed by atoms with Gasteiger partial charge in [-0.05, 0) is 37.3 Å². The molecule has 0 aliphatic carbocycles. The lowest BCUT2D eigenvalue weighted by Crippen LogP contribution is -2.30. The quantitative estimate of drug-likeness (QED) is 0.407. The van der Waals surface area contributed by atoms with E-state index in [0.29, 0.717) is 17.9 Å². The normalized spacial score (nSPS) is 11.5. The molecule has 3 rings (SSSR count). The predicted octanol–water partition coefficient (Wildman–Crippen LogP) is 3.66. The van der Waals surface area contributed by atoms with Crippen molar-refractivity contribution in [2.45, 2.75) is 32.3 Å². The predicted molar refractivity (Wildman–Crippen MR) is 117 cm³/mol. The monoisotopic (exact) mass is 477 g/mol. The van der Waals surface area contributed by atoms with Crippen LogP contribution in [0.4, 0.5) is 4.39 Å². The fourth-order valence-corrected chi connectivity index (χ4v) is 4.58. The Morgan fingerprint density at radius 1 is 1.12 bits per heavy atom. The van der Waals surface area contributed by atoms with E-state index in [1.807, 2.05) is 6.92 Å². The molecule has 33 heavy (non-hydrogen) atoms. The summed E-state index contributed by atoms with van der Waals surface area (Å²) in [5.74, 6) is -1.17. The van der Waals surface area contributed by atoms with Crippen LogP contribution in [0.25, 0.3) is 11.4 Å². The van der Waals surface area contributed by atoms with Gasteiger partial charge in [-0.3, -0.25) is 0 Å². The van der Waals surface area contributed by atoms with E-state index in [-0.39, 0.29) is 29.7 Å². The zero-order chi connectivity index (χ0) is 24.0. The molecule has 0 amide bonds. The Kier molecular flexibility index (Phi) is 7.77. The van der Waals surface area contributed by atoms with Crippen LogP contribution in [0.2, 0.25) is 0 Å². The molecule has 0 radical (unpaired) electrons. The van der Waals surface area contributed by atoms with Crippen LogP contribution in [-0.2, 0) is 21.4 Å². The van der Waals surface area contributed by atoms with Gasteiger partial charge in [-0.1, -0.05) is 31.1 Å². The van der Waals surface area contributed by atoms with Crippen LogP contribution in [0.5, 0.6) is 5.75 Å². The number of benzene rings is 2. The van der Waals surface area contributed by atoms with Crippen LogP contribution in [0.3, 0.4) is 0 Å². The fourth-order valence-electron chi connectivity index (χ4n) is 3.09. The maximum absolute atomic E-state index is 14.3. The molecule has 3 aromatic rings. The lowest BCUT2D eigenvalue weighted by molar-refractivity contribution is 0.0424. The number of aromatic nitrogens is 2. The number of esters is 1. The van der Waals surface area contributed by atoms with Gasteiger partial charge in [-0.15, -0.1) is 0 Å². The van der Waals surface area contributed by atoms with Crippen molar-refractivity contribution >= 4 is 16.0 Å². The van der Waals surface area contributed by atoms with E-state index in [0.717, 1.165) is 18.2 Å². The van der Waals surface area contributed by atoms with Crippen LogP contribution in [0, 0.1) is 5.82 Å². The van der Waals surface area contributed by atoms with Gasteiger partial charge in [0.05, 0.1) is 22.6 Å². The van der Waals surface area contributed by atoms with Crippen LogP contribution >= 0.6 is 0 Å². The molecule has 1 aromatic heterocycles. The van der Waals surface area contributed by atoms with Gasteiger partial charge in [0, 0.05) is 13.1 Å². The van der Waals surface area contributed by atoms with Gasteiger partial charge in [0.25, 0.3) is 5.89 Å².